The summed E-state index contributed by atoms with van der Waals surface area (Å²) in [5.41, 5.74) is 0.429. The quantitative estimate of drug-likeness (QED) is 0.767. The molecule has 1 aromatic rings. The van der Waals surface area contributed by atoms with Crippen LogP contribution in [0.5, 0.6) is 0 Å². The zero-order valence-corrected chi connectivity index (χ0v) is 16.8. The number of amides is 1. The molecule has 6 nitrogen and oxygen atoms in total. The number of piperidine rings is 1. The molecule has 24 heavy (non-hydrogen) atoms. The lowest BCUT2D eigenvalue weighted by atomic mass is 9.98. The van der Waals surface area contributed by atoms with Crippen LogP contribution in [-0.4, -0.2) is 56.7 Å². The Bertz CT molecular complexity index is 704. The molecule has 1 fully saturated rings. The molecule has 0 unspecified atom stereocenters. The van der Waals surface area contributed by atoms with Crippen LogP contribution in [0.25, 0.3) is 0 Å². The minimum absolute atomic E-state index is 0.218. The maximum Gasteiger partial charge on any atom is 0.281 e. The van der Waals surface area contributed by atoms with Gasteiger partial charge >= 0.3 is 0 Å². The summed E-state index contributed by atoms with van der Waals surface area (Å²) in [6, 6.07) is 5.13. The SMILES string of the molecule is CN(C)S(=O)(=O)N1CCC(CNC(=O)c2cc(Br)ccc2Cl)CC1. The highest BCUT2D eigenvalue weighted by Gasteiger charge is 2.29. The third-order valence-electron chi connectivity index (χ3n) is 4.09. The van der Waals surface area contributed by atoms with E-state index in [1.165, 1.54) is 22.7 Å². The summed E-state index contributed by atoms with van der Waals surface area (Å²) in [4.78, 5) is 12.2. The molecule has 0 radical (unpaired) electrons. The van der Waals surface area contributed by atoms with Gasteiger partial charge in [-0.15, -0.1) is 0 Å². The van der Waals surface area contributed by atoms with Crippen molar-refractivity contribution in [2.45, 2.75) is 12.8 Å². The first-order valence-corrected chi connectivity index (χ1v) is 10.2. The maximum atomic E-state index is 12.2. The standard InChI is InChI=1S/C15H21BrClN3O3S/c1-19(2)24(22,23)20-7-5-11(6-8-20)10-18-15(21)13-9-12(16)3-4-14(13)17/h3-4,9,11H,5-8,10H2,1-2H3,(H,18,21). The molecule has 0 saturated carbocycles. The van der Waals surface area contributed by atoms with Crippen molar-refractivity contribution in [1.82, 2.24) is 13.9 Å². The highest BCUT2D eigenvalue weighted by Crippen LogP contribution is 2.22. The fraction of sp³-hybridized carbons (Fsp3) is 0.533. The van der Waals surface area contributed by atoms with Gasteiger partial charge in [-0.25, -0.2) is 0 Å². The van der Waals surface area contributed by atoms with Crippen LogP contribution >= 0.6 is 27.5 Å². The second-order valence-electron chi connectivity index (χ2n) is 5.97. The number of rotatable bonds is 5. The zero-order valence-electron chi connectivity index (χ0n) is 13.6. The van der Waals surface area contributed by atoms with Crippen molar-refractivity contribution < 1.29 is 13.2 Å². The van der Waals surface area contributed by atoms with Gasteiger partial charge in [-0.3, -0.25) is 4.79 Å². The maximum absolute atomic E-state index is 12.2. The van der Waals surface area contributed by atoms with Crippen molar-refractivity contribution >= 4 is 43.6 Å². The minimum atomic E-state index is -3.35. The van der Waals surface area contributed by atoms with Crippen LogP contribution in [-0.2, 0) is 10.2 Å². The van der Waals surface area contributed by atoms with Crippen LogP contribution in [0, 0.1) is 5.92 Å². The fourth-order valence-electron chi connectivity index (χ4n) is 2.58. The van der Waals surface area contributed by atoms with Crippen molar-refractivity contribution in [2.75, 3.05) is 33.7 Å². The van der Waals surface area contributed by atoms with Crippen molar-refractivity contribution in [3.8, 4) is 0 Å². The predicted octanol–water partition coefficient (Wildman–Crippen LogP) is 2.35. The van der Waals surface area contributed by atoms with Gasteiger partial charge in [0, 0.05) is 38.2 Å². The molecule has 1 heterocycles. The van der Waals surface area contributed by atoms with Crippen molar-refractivity contribution in [3.05, 3.63) is 33.3 Å². The molecule has 0 aromatic heterocycles. The highest BCUT2D eigenvalue weighted by atomic mass is 79.9. The summed E-state index contributed by atoms with van der Waals surface area (Å²) in [6.45, 7) is 1.45. The molecule has 0 aliphatic carbocycles. The molecular formula is C15H21BrClN3O3S. The number of carbonyl (C=O) groups excluding carboxylic acids is 1. The third kappa shape index (κ3) is 4.70. The molecule has 1 aliphatic heterocycles. The van der Waals surface area contributed by atoms with Gasteiger partial charge in [-0.05, 0) is 37.0 Å². The Morgan fingerprint density at radius 3 is 2.58 bits per heavy atom. The Balaban J connectivity index is 1.87. The lowest BCUT2D eigenvalue weighted by Crippen LogP contribution is -2.45. The van der Waals surface area contributed by atoms with Crippen LogP contribution in [0.4, 0.5) is 0 Å². The average molecular weight is 439 g/mol. The van der Waals surface area contributed by atoms with E-state index in [2.05, 4.69) is 21.2 Å². The van der Waals surface area contributed by atoms with E-state index in [4.69, 9.17) is 11.6 Å². The number of nitrogens with zero attached hydrogens (tertiary/aromatic N) is 2. The van der Waals surface area contributed by atoms with Gasteiger partial charge in [0.05, 0.1) is 10.6 Å². The van der Waals surface area contributed by atoms with Crippen LogP contribution in [0.1, 0.15) is 23.2 Å². The summed E-state index contributed by atoms with van der Waals surface area (Å²) in [7, 11) is -0.289. The van der Waals surface area contributed by atoms with E-state index in [0.29, 0.717) is 30.2 Å². The van der Waals surface area contributed by atoms with E-state index in [-0.39, 0.29) is 11.8 Å². The second-order valence-corrected chi connectivity index (χ2v) is 9.43. The second kappa shape index (κ2) is 8.14. The molecule has 1 N–H and O–H groups in total. The first-order valence-electron chi connectivity index (χ1n) is 7.62. The van der Waals surface area contributed by atoms with Crippen molar-refractivity contribution in [1.29, 1.82) is 0 Å². The summed E-state index contributed by atoms with van der Waals surface area (Å²) < 4.78 is 27.7. The first-order chi connectivity index (χ1) is 11.2. The van der Waals surface area contributed by atoms with E-state index in [1.54, 1.807) is 18.2 Å². The van der Waals surface area contributed by atoms with E-state index in [0.717, 1.165) is 17.3 Å². The number of hydrogen-bond acceptors (Lipinski definition) is 3. The van der Waals surface area contributed by atoms with Gasteiger partial charge in [-0.2, -0.15) is 17.0 Å². The van der Waals surface area contributed by atoms with Gasteiger partial charge < -0.3 is 5.32 Å². The number of nitrogens with one attached hydrogen (secondary N) is 1. The van der Waals surface area contributed by atoms with Crippen LogP contribution in [0.15, 0.2) is 22.7 Å². The third-order valence-corrected chi connectivity index (χ3v) is 6.85. The number of hydrogen-bond donors (Lipinski definition) is 1. The minimum Gasteiger partial charge on any atom is -0.352 e. The predicted molar refractivity (Wildman–Crippen MR) is 98.4 cm³/mol. The normalized spacial score (nSPS) is 17.2. The number of carbonyl (C=O) groups is 1. The molecule has 1 saturated heterocycles. The molecule has 1 aliphatic rings. The summed E-state index contributed by atoms with van der Waals surface area (Å²) in [6.07, 6.45) is 1.44. The topological polar surface area (TPSA) is 69.7 Å². The zero-order chi connectivity index (χ0) is 17.9. The monoisotopic (exact) mass is 437 g/mol. The number of benzene rings is 1. The van der Waals surface area contributed by atoms with E-state index in [9.17, 15) is 13.2 Å². The lowest BCUT2D eigenvalue weighted by molar-refractivity contribution is 0.0941. The molecule has 0 spiro atoms. The van der Waals surface area contributed by atoms with Crippen molar-refractivity contribution in [2.24, 2.45) is 5.92 Å². The van der Waals surface area contributed by atoms with Gasteiger partial charge in [0.2, 0.25) is 0 Å². The molecule has 9 heteroatoms. The fourth-order valence-corrected chi connectivity index (χ4v) is 4.28. The van der Waals surface area contributed by atoms with Crippen molar-refractivity contribution in [3.63, 3.8) is 0 Å². The molecule has 1 amide bonds. The Morgan fingerprint density at radius 2 is 2.00 bits per heavy atom. The smallest absolute Gasteiger partial charge is 0.281 e. The molecule has 0 bridgehead atoms. The Morgan fingerprint density at radius 1 is 1.38 bits per heavy atom. The Kier molecular flexibility index (Phi) is 6.66. The van der Waals surface area contributed by atoms with Gasteiger partial charge in [0.15, 0.2) is 0 Å². The van der Waals surface area contributed by atoms with Gasteiger partial charge in [0.25, 0.3) is 16.1 Å². The molecule has 0 atom stereocenters. The average Bonchev–Trinajstić information content (AvgIpc) is 2.55. The molecule has 2 rings (SSSR count). The molecule has 1 aromatic carbocycles. The van der Waals surface area contributed by atoms with Gasteiger partial charge in [-0.1, -0.05) is 27.5 Å². The number of halogens is 2. The van der Waals surface area contributed by atoms with E-state index in [1.807, 2.05) is 0 Å². The van der Waals surface area contributed by atoms with E-state index >= 15 is 0 Å². The van der Waals surface area contributed by atoms with Gasteiger partial charge in [0.1, 0.15) is 0 Å². The summed E-state index contributed by atoms with van der Waals surface area (Å²) >= 11 is 9.38. The molecule has 134 valence electrons. The lowest BCUT2D eigenvalue weighted by Gasteiger charge is -2.32. The Labute approximate surface area is 156 Å². The summed E-state index contributed by atoms with van der Waals surface area (Å²) in [5.74, 6) is 0.0399. The highest BCUT2D eigenvalue weighted by molar-refractivity contribution is 9.10. The largest absolute Gasteiger partial charge is 0.352 e. The van der Waals surface area contributed by atoms with Crippen LogP contribution in [0.2, 0.25) is 5.02 Å². The van der Waals surface area contributed by atoms with Crippen LogP contribution in [0.3, 0.4) is 0 Å². The first kappa shape index (κ1) is 19.7. The van der Waals surface area contributed by atoms with E-state index < -0.39 is 10.2 Å². The van der Waals surface area contributed by atoms with Crippen LogP contribution < -0.4 is 5.32 Å². The summed E-state index contributed by atoms with van der Waals surface area (Å²) in [5, 5.41) is 3.30. The Hall–Kier alpha value is -0.670. The molecular weight excluding hydrogens is 418 g/mol.